The summed E-state index contributed by atoms with van der Waals surface area (Å²) in [5.41, 5.74) is -1.38. The Morgan fingerprint density at radius 1 is 1.43 bits per heavy atom. The standard InChI is InChI=1S/C6H7N3O4S/c1-6(2,9(12)13)5-7-4(3-14-5)8(10)11/h3H,1-2H3. The Morgan fingerprint density at radius 3 is 2.36 bits per heavy atom. The Morgan fingerprint density at radius 2 is 2.00 bits per heavy atom. The van der Waals surface area contributed by atoms with Gasteiger partial charge in [-0.15, -0.1) is 0 Å². The lowest BCUT2D eigenvalue weighted by Gasteiger charge is -2.07. The van der Waals surface area contributed by atoms with Crippen molar-refractivity contribution in [3.05, 3.63) is 30.6 Å². The van der Waals surface area contributed by atoms with Gasteiger partial charge in [0.1, 0.15) is 0 Å². The van der Waals surface area contributed by atoms with Crippen molar-refractivity contribution < 1.29 is 9.85 Å². The monoisotopic (exact) mass is 217 g/mol. The fraction of sp³-hybridized carbons (Fsp3) is 0.500. The molecular formula is C6H7N3O4S. The molecule has 0 aliphatic rings. The van der Waals surface area contributed by atoms with Crippen molar-refractivity contribution in [1.82, 2.24) is 4.98 Å². The van der Waals surface area contributed by atoms with E-state index in [9.17, 15) is 20.2 Å². The van der Waals surface area contributed by atoms with Gasteiger partial charge in [-0.1, -0.05) is 11.3 Å². The van der Waals surface area contributed by atoms with Crippen molar-refractivity contribution in [2.75, 3.05) is 0 Å². The molecule has 0 radical (unpaired) electrons. The first-order valence-corrected chi connectivity index (χ1v) is 4.48. The SMILES string of the molecule is CC(C)(c1nc([N+](=O)[O-])cs1)[N+](=O)[O-]. The zero-order valence-corrected chi connectivity index (χ0v) is 8.28. The summed E-state index contributed by atoms with van der Waals surface area (Å²) < 4.78 is 0. The summed E-state index contributed by atoms with van der Waals surface area (Å²) >= 11 is 0.919. The van der Waals surface area contributed by atoms with E-state index in [0.29, 0.717) is 0 Å². The van der Waals surface area contributed by atoms with E-state index in [4.69, 9.17) is 0 Å². The van der Waals surface area contributed by atoms with Gasteiger partial charge >= 0.3 is 5.82 Å². The lowest BCUT2D eigenvalue weighted by Crippen LogP contribution is -2.27. The Kier molecular flexibility index (Phi) is 2.47. The molecule has 1 heterocycles. The molecule has 1 aromatic rings. The summed E-state index contributed by atoms with van der Waals surface area (Å²) in [6, 6.07) is 0. The highest BCUT2D eigenvalue weighted by Crippen LogP contribution is 2.28. The lowest BCUT2D eigenvalue weighted by atomic mass is 10.1. The van der Waals surface area contributed by atoms with Crippen LogP contribution in [0.2, 0.25) is 0 Å². The largest absolute Gasteiger partial charge is 0.375 e. The quantitative estimate of drug-likeness (QED) is 0.565. The first-order valence-electron chi connectivity index (χ1n) is 3.60. The van der Waals surface area contributed by atoms with Crippen LogP contribution in [0.4, 0.5) is 5.82 Å². The summed E-state index contributed by atoms with van der Waals surface area (Å²) in [6.45, 7) is 2.71. The Balaban J connectivity index is 3.09. The molecule has 76 valence electrons. The Labute approximate surface area is 82.7 Å². The second-order valence-corrected chi connectivity index (χ2v) is 3.94. The molecular weight excluding hydrogens is 210 g/mol. The van der Waals surface area contributed by atoms with E-state index in [1.165, 1.54) is 19.2 Å². The van der Waals surface area contributed by atoms with E-state index in [0.717, 1.165) is 11.3 Å². The maximum Gasteiger partial charge on any atom is 0.375 e. The van der Waals surface area contributed by atoms with Crippen LogP contribution in [0.3, 0.4) is 0 Å². The second-order valence-electron chi connectivity index (χ2n) is 3.08. The van der Waals surface area contributed by atoms with E-state index in [2.05, 4.69) is 4.98 Å². The molecule has 0 bridgehead atoms. The van der Waals surface area contributed by atoms with Gasteiger partial charge in [0.05, 0.1) is 5.38 Å². The number of hydrogen-bond donors (Lipinski definition) is 0. The highest BCUT2D eigenvalue weighted by molar-refractivity contribution is 7.10. The summed E-state index contributed by atoms with van der Waals surface area (Å²) in [5.74, 6) is -0.347. The van der Waals surface area contributed by atoms with Crippen molar-refractivity contribution in [2.24, 2.45) is 0 Å². The van der Waals surface area contributed by atoms with E-state index in [-0.39, 0.29) is 10.8 Å². The molecule has 0 atom stereocenters. The predicted molar refractivity (Wildman–Crippen MR) is 48.8 cm³/mol. The van der Waals surface area contributed by atoms with Crippen molar-refractivity contribution in [3.8, 4) is 0 Å². The molecule has 0 saturated heterocycles. The molecule has 0 fully saturated rings. The zero-order chi connectivity index (χ0) is 10.9. The molecule has 0 amide bonds. The molecule has 1 rings (SSSR count). The minimum atomic E-state index is -1.38. The maximum atomic E-state index is 10.6. The predicted octanol–water partition coefficient (Wildman–Crippen LogP) is 1.56. The van der Waals surface area contributed by atoms with Gasteiger partial charge < -0.3 is 10.1 Å². The van der Waals surface area contributed by atoms with E-state index in [1.54, 1.807) is 0 Å². The zero-order valence-electron chi connectivity index (χ0n) is 7.46. The maximum absolute atomic E-state index is 10.6. The Bertz CT molecular complexity index is 386. The van der Waals surface area contributed by atoms with Crippen LogP contribution in [-0.2, 0) is 5.54 Å². The van der Waals surface area contributed by atoms with Crippen LogP contribution in [0.5, 0.6) is 0 Å². The number of thiazole rings is 1. The molecule has 0 spiro atoms. The first kappa shape index (κ1) is 10.5. The summed E-state index contributed by atoms with van der Waals surface area (Å²) in [7, 11) is 0. The lowest BCUT2D eigenvalue weighted by molar-refractivity contribution is -0.569. The van der Waals surface area contributed by atoms with Crippen molar-refractivity contribution >= 4 is 17.2 Å². The van der Waals surface area contributed by atoms with Gasteiger partial charge in [-0.05, 0) is 9.91 Å². The number of nitrogens with zero attached hydrogens (tertiary/aromatic N) is 3. The summed E-state index contributed by atoms with van der Waals surface area (Å²) in [6.07, 6.45) is 0. The summed E-state index contributed by atoms with van der Waals surface area (Å²) in [4.78, 5) is 23.3. The molecule has 0 unspecified atom stereocenters. The fourth-order valence-electron chi connectivity index (χ4n) is 0.708. The first-order chi connectivity index (χ1) is 6.35. The van der Waals surface area contributed by atoms with Crippen LogP contribution in [-0.4, -0.2) is 14.8 Å². The summed E-state index contributed by atoms with van der Waals surface area (Å²) in [5, 5.41) is 22.2. The van der Waals surface area contributed by atoms with Gasteiger partial charge in [0.25, 0.3) is 10.5 Å². The molecule has 14 heavy (non-hydrogen) atoms. The van der Waals surface area contributed by atoms with Crippen molar-refractivity contribution in [1.29, 1.82) is 0 Å². The number of rotatable bonds is 3. The van der Waals surface area contributed by atoms with Crippen molar-refractivity contribution in [3.63, 3.8) is 0 Å². The van der Waals surface area contributed by atoms with E-state index in [1.807, 2.05) is 0 Å². The number of hydrogen-bond acceptors (Lipinski definition) is 6. The number of nitro groups is 2. The second kappa shape index (κ2) is 3.29. The molecule has 0 saturated carbocycles. The van der Waals surface area contributed by atoms with Crippen LogP contribution in [0.1, 0.15) is 18.9 Å². The third-order valence-corrected chi connectivity index (χ3v) is 2.80. The molecule has 1 aromatic heterocycles. The van der Waals surface area contributed by atoms with Gasteiger partial charge in [-0.3, -0.25) is 10.1 Å². The number of aromatic nitrogens is 1. The fourth-order valence-corrected chi connectivity index (χ4v) is 1.57. The van der Waals surface area contributed by atoms with Crippen LogP contribution in [0, 0.1) is 20.2 Å². The van der Waals surface area contributed by atoms with Crippen LogP contribution < -0.4 is 0 Å². The van der Waals surface area contributed by atoms with E-state index < -0.39 is 15.4 Å². The van der Waals surface area contributed by atoms with Crippen LogP contribution >= 0.6 is 11.3 Å². The van der Waals surface area contributed by atoms with Crippen LogP contribution in [0.15, 0.2) is 5.38 Å². The highest BCUT2D eigenvalue weighted by atomic mass is 32.1. The molecule has 0 aliphatic heterocycles. The molecule has 0 aromatic carbocycles. The normalized spacial score (nSPS) is 11.3. The third kappa shape index (κ3) is 1.69. The average Bonchev–Trinajstić information content (AvgIpc) is 2.51. The molecule has 0 aliphatic carbocycles. The molecule has 8 heteroatoms. The highest BCUT2D eigenvalue weighted by Gasteiger charge is 2.41. The van der Waals surface area contributed by atoms with Crippen molar-refractivity contribution in [2.45, 2.75) is 19.4 Å². The minimum absolute atomic E-state index is 0.134. The topological polar surface area (TPSA) is 99.2 Å². The van der Waals surface area contributed by atoms with Gasteiger partial charge in [-0.25, -0.2) is 0 Å². The minimum Gasteiger partial charge on any atom is -0.358 e. The van der Waals surface area contributed by atoms with Gasteiger partial charge in [0, 0.05) is 18.8 Å². The van der Waals surface area contributed by atoms with Gasteiger partial charge in [0.15, 0.2) is 0 Å². The molecule has 7 nitrogen and oxygen atoms in total. The Hall–Kier alpha value is -1.57. The van der Waals surface area contributed by atoms with Gasteiger partial charge in [-0.2, -0.15) is 0 Å². The van der Waals surface area contributed by atoms with Crippen LogP contribution in [0.25, 0.3) is 0 Å². The average molecular weight is 217 g/mol. The third-order valence-electron chi connectivity index (χ3n) is 1.66. The smallest absolute Gasteiger partial charge is 0.358 e. The van der Waals surface area contributed by atoms with Gasteiger partial charge in [0.2, 0.25) is 0 Å². The van der Waals surface area contributed by atoms with E-state index >= 15 is 0 Å². The molecule has 0 N–H and O–H groups in total.